The lowest BCUT2D eigenvalue weighted by Gasteiger charge is -2.55. The van der Waals surface area contributed by atoms with Crippen molar-refractivity contribution in [2.45, 2.75) is 94.9 Å². The van der Waals surface area contributed by atoms with Gasteiger partial charge < -0.3 is 20.8 Å². The van der Waals surface area contributed by atoms with Gasteiger partial charge in [-0.2, -0.15) is 0 Å². The molecular weight excluding hydrogens is 308 g/mol. The number of primary amides is 1. The van der Waals surface area contributed by atoms with Crippen LogP contribution < -0.4 is 5.73 Å². The molecule has 3 rings (SSSR count). The molecule has 136 valence electrons. The smallest absolute Gasteiger partial charge is 0.238 e. The number of amides is 2. The first-order chi connectivity index (χ1) is 11.2. The Bertz CT molecular complexity index is 509. The highest BCUT2D eigenvalue weighted by Crippen LogP contribution is 2.47. The van der Waals surface area contributed by atoms with Crippen LogP contribution in [0.15, 0.2) is 0 Å². The Morgan fingerprint density at radius 1 is 0.875 bits per heavy atom. The summed E-state index contributed by atoms with van der Waals surface area (Å²) in [5.74, 6) is -0.883. The lowest BCUT2D eigenvalue weighted by molar-refractivity contribution is -0.185. The van der Waals surface area contributed by atoms with Gasteiger partial charge in [-0.15, -0.1) is 0 Å². The van der Waals surface area contributed by atoms with Crippen LogP contribution in [0.25, 0.3) is 0 Å². The van der Waals surface area contributed by atoms with E-state index >= 15 is 0 Å². The number of nitrogens with two attached hydrogens (primary N) is 1. The summed E-state index contributed by atoms with van der Waals surface area (Å²) in [6.07, 6.45) is 6.19. The van der Waals surface area contributed by atoms with Gasteiger partial charge in [0.05, 0.1) is 23.3 Å². The highest BCUT2D eigenvalue weighted by Gasteiger charge is 2.58. The molecule has 0 bridgehead atoms. The molecule has 0 radical (unpaired) electrons. The van der Waals surface area contributed by atoms with E-state index in [0.717, 1.165) is 19.3 Å². The molecule has 24 heavy (non-hydrogen) atoms. The predicted octanol–water partition coefficient (Wildman–Crippen LogP) is 1.08. The average molecular weight is 338 g/mol. The van der Waals surface area contributed by atoms with Crippen LogP contribution in [-0.4, -0.2) is 50.2 Å². The van der Waals surface area contributed by atoms with Crippen molar-refractivity contribution >= 4 is 11.8 Å². The zero-order valence-corrected chi connectivity index (χ0v) is 14.8. The van der Waals surface area contributed by atoms with E-state index in [0.29, 0.717) is 38.5 Å². The quantitative estimate of drug-likeness (QED) is 0.630. The van der Waals surface area contributed by atoms with Crippen LogP contribution in [0, 0.1) is 5.41 Å². The monoisotopic (exact) mass is 338 g/mol. The summed E-state index contributed by atoms with van der Waals surface area (Å²) in [6.45, 7) is 3.67. The SMILES string of the molecule is C[C@@H](N(C(=O)C1(C(N)=O)CCC1)[C@H](C)C1(O)CCC1)C1(O)CCC1. The van der Waals surface area contributed by atoms with E-state index in [-0.39, 0.29) is 5.91 Å². The van der Waals surface area contributed by atoms with Gasteiger partial charge in [0.1, 0.15) is 5.41 Å². The van der Waals surface area contributed by atoms with Crippen LogP contribution in [-0.2, 0) is 9.59 Å². The van der Waals surface area contributed by atoms with E-state index in [4.69, 9.17) is 5.73 Å². The van der Waals surface area contributed by atoms with Gasteiger partial charge >= 0.3 is 0 Å². The zero-order valence-electron chi connectivity index (χ0n) is 14.8. The molecule has 2 amide bonds. The molecule has 0 aromatic heterocycles. The number of aliphatic hydroxyl groups is 2. The standard InChI is InChI=1S/C18H30N2O4/c1-12(17(23)8-4-9-17)20(13(2)18(24)10-5-11-18)15(22)16(14(19)21)6-3-7-16/h12-13,23-24H,3-11H2,1-2H3,(H2,19,21)/t12-,13-/m1/s1. The molecule has 3 aliphatic rings. The summed E-state index contributed by atoms with van der Waals surface area (Å²) < 4.78 is 0. The van der Waals surface area contributed by atoms with Gasteiger partial charge in [0.25, 0.3) is 0 Å². The molecule has 0 aromatic carbocycles. The molecule has 3 fully saturated rings. The Morgan fingerprint density at radius 3 is 1.46 bits per heavy atom. The van der Waals surface area contributed by atoms with Crippen LogP contribution in [0.2, 0.25) is 0 Å². The van der Waals surface area contributed by atoms with Gasteiger partial charge in [-0.1, -0.05) is 6.42 Å². The minimum absolute atomic E-state index is 0.304. The number of carbonyl (C=O) groups is 2. The normalized spacial score (nSPS) is 28.5. The molecule has 0 spiro atoms. The number of carbonyl (C=O) groups excluding carboxylic acids is 2. The molecule has 3 aliphatic carbocycles. The third kappa shape index (κ3) is 2.37. The second kappa shape index (κ2) is 5.70. The van der Waals surface area contributed by atoms with Crippen molar-refractivity contribution in [3.05, 3.63) is 0 Å². The van der Waals surface area contributed by atoms with E-state index in [9.17, 15) is 19.8 Å². The minimum Gasteiger partial charge on any atom is -0.388 e. The molecule has 0 unspecified atom stereocenters. The zero-order chi connectivity index (χ0) is 17.8. The van der Waals surface area contributed by atoms with E-state index in [1.165, 1.54) is 0 Å². The van der Waals surface area contributed by atoms with Gasteiger partial charge in [0.2, 0.25) is 11.8 Å². The number of hydrogen-bond acceptors (Lipinski definition) is 4. The fourth-order valence-electron chi connectivity index (χ4n) is 4.46. The predicted molar refractivity (Wildman–Crippen MR) is 88.9 cm³/mol. The minimum atomic E-state index is -1.15. The van der Waals surface area contributed by atoms with Crippen LogP contribution in [0.1, 0.15) is 71.6 Å². The van der Waals surface area contributed by atoms with Crippen molar-refractivity contribution in [2.75, 3.05) is 0 Å². The largest absolute Gasteiger partial charge is 0.388 e. The van der Waals surface area contributed by atoms with Crippen molar-refractivity contribution < 1.29 is 19.8 Å². The average Bonchev–Trinajstić information content (AvgIpc) is 2.40. The maximum atomic E-state index is 13.3. The molecule has 6 heteroatoms. The topological polar surface area (TPSA) is 104 Å². The highest BCUT2D eigenvalue weighted by molar-refractivity contribution is 6.05. The second-order valence-electron chi connectivity index (χ2n) is 8.28. The van der Waals surface area contributed by atoms with Crippen LogP contribution >= 0.6 is 0 Å². The lowest BCUT2D eigenvalue weighted by Crippen LogP contribution is -2.69. The number of nitrogens with zero attached hydrogens (tertiary/aromatic N) is 1. The van der Waals surface area contributed by atoms with Crippen molar-refractivity contribution in [1.82, 2.24) is 4.90 Å². The van der Waals surface area contributed by atoms with Gasteiger partial charge in [-0.25, -0.2) is 0 Å². The fourth-order valence-corrected chi connectivity index (χ4v) is 4.46. The third-order valence-corrected chi connectivity index (χ3v) is 7.15. The maximum absolute atomic E-state index is 13.3. The molecule has 3 saturated carbocycles. The fraction of sp³-hybridized carbons (Fsp3) is 0.889. The molecule has 0 aromatic rings. The van der Waals surface area contributed by atoms with E-state index in [1.807, 2.05) is 13.8 Å². The second-order valence-corrected chi connectivity index (χ2v) is 8.28. The Labute approximate surface area is 143 Å². The van der Waals surface area contributed by atoms with E-state index < -0.39 is 34.6 Å². The van der Waals surface area contributed by atoms with Crippen LogP contribution in [0.5, 0.6) is 0 Å². The van der Waals surface area contributed by atoms with E-state index in [2.05, 4.69) is 0 Å². The highest BCUT2D eigenvalue weighted by atomic mass is 16.3. The molecule has 6 nitrogen and oxygen atoms in total. The van der Waals surface area contributed by atoms with Crippen LogP contribution in [0.4, 0.5) is 0 Å². The van der Waals surface area contributed by atoms with Gasteiger partial charge in [0, 0.05) is 0 Å². The summed E-state index contributed by atoms with van der Waals surface area (Å²) in [7, 11) is 0. The first-order valence-corrected chi connectivity index (χ1v) is 9.24. The summed E-state index contributed by atoms with van der Waals surface area (Å²) in [5.41, 5.74) is 2.57. The first-order valence-electron chi connectivity index (χ1n) is 9.24. The van der Waals surface area contributed by atoms with Gasteiger partial charge in [0.15, 0.2) is 0 Å². The van der Waals surface area contributed by atoms with Crippen molar-refractivity contribution in [3.8, 4) is 0 Å². The number of hydrogen-bond donors (Lipinski definition) is 3. The molecule has 0 heterocycles. The maximum Gasteiger partial charge on any atom is 0.238 e. The van der Waals surface area contributed by atoms with Gasteiger partial charge in [-0.3, -0.25) is 9.59 Å². The van der Waals surface area contributed by atoms with Crippen molar-refractivity contribution in [3.63, 3.8) is 0 Å². The lowest BCUT2D eigenvalue weighted by atomic mass is 9.65. The molecule has 0 aliphatic heterocycles. The van der Waals surface area contributed by atoms with E-state index in [1.54, 1.807) is 4.90 Å². The van der Waals surface area contributed by atoms with Crippen molar-refractivity contribution in [1.29, 1.82) is 0 Å². The summed E-state index contributed by atoms with van der Waals surface area (Å²) in [6, 6.07) is -0.870. The summed E-state index contributed by atoms with van der Waals surface area (Å²) >= 11 is 0. The van der Waals surface area contributed by atoms with Crippen molar-refractivity contribution in [2.24, 2.45) is 11.1 Å². The van der Waals surface area contributed by atoms with Gasteiger partial charge in [-0.05, 0) is 65.2 Å². The Hall–Kier alpha value is -1.14. The Kier molecular flexibility index (Phi) is 4.20. The molecular formula is C18H30N2O4. The van der Waals surface area contributed by atoms with Crippen LogP contribution in [0.3, 0.4) is 0 Å². The number of rotatable bonds is 6. The Morgan fingerprint density at radius 2 is 1.25 bits per heavy atom. The third-order valence-electron chi connectivity index (χ3n) is 7.15. The molecule has 0 saturated heterocycles. The Balaban J connectivity index is 1.92. The molecule has 2 atom stereocenters. The summed E-state index contributed by atoms with van der Waals surface area (Å²) in [5, 5.41) is 21.6. The first kappa shape index (κ1) is 17.7. The summed E-state index contributed by atoms with van der Waals surface area (Å²) in [4.78, 5) is 27.0. The molecule has 4 N–H and O–H groups in total.